The fraction of sp³-hybridized carbons (Fsp3) is 0.200. The van der Waals surface area contributed by atoms with Crippen molar-refractivity contribution in [3.8, 4) is 0 Å². The molecule has 0 aliphatic heterocycles. The third-order valence-corrected chi connectivity index (χ3v) is 3.24. The number of aryl methyl sites for hydroxylation is 1. The van der Waals surface area contributed by atoms with Crippen LogP contribution in [0.3, 0.4) is 0 Å². The summed E-state index contributed by atoms with van der Waals surface area (Å²) in [4.78, 5) is 11.8. The first kappa shape index (κ1) is 11.9. The van der Waals surface area contributed by atoms with Crippen molar-refractivity contribution < 1.29 is 0 Å². The lowest BCUT2D eigenvalue weighted by atomic mass is 10.1. The standard InChI is InChI=1S/C15H16N4/c16-12(7-6-11-4-2-1-3-5-11)15-18-13-8-9-17-10-14(13)19-15/h1-5,8-10,12H,6-7,16H2,(H,18,19). The number of benzene rings is 1. The minimum absolute atomic E-state index is 0.0763. The van der Waals surface area contributed by atoms with Crippen LogP contribution in [0.15, 0.2) is 48.8 Å². The molecule has 19 heavy (non-hydrogen) atoms. The van der Waals surface area contributed by atoms with Crippen LogP contribution in [0.25, 0.3) is 11.0 Å². The number of nitrogens with zero attached hydrogens (tertiary/aromatic N) is 2. The van der Waals surface area contributed by atoms with Gasteiger partial charge in [0.2, 0.25) is 0 Å². The Morgan fingerprint density at radius 1 is 1.16 bits per heavy atom. The summed E-state index contributed by atoms with van der Waals surface area (Å²) in [5.41, 5.74) is 9.35. The Labute approximate surface area is 111 Å². The average molecular weight is 252 g/mol. The lowest BCUT2D eigenvalue weighted by Crippen LogP contribution is -2.13. The molecule has 4 heteroatoms. The number of aromatic amines is 1. The molecule has 0 fully saturated rings. The molecular weight excluding hydrogens is 236 g/mol. The number of imidazole rings is 1. The van der Waals surface area contributed by atoms with Crippen molar-refractivity contribution >= 4 is 11.0 Å². The van der Waals surface area contributed by atoms with Gasteiger partial charge in [0, 0.05) is 6.20 Å². The number of H-pyrrole nitrogens is 1. The number of pyridine rings is 1. The number of nitrogens with one attached hydrogen (secondary N) is 1. The largest absolute Gasteiger partial charge is 0.339 e. The number of rotatable bonds is 4. The van der Waals surface area contributed by atoms with Gasteiger partial charge in [-0.15, -0.1) is 0 Å². The third kappa shape index (κ3) is 2.63. The van der Waals surface area contributed by atoms with Gasteiger partial charge < -0.3 is 10.7 Å². The van der Waals surface area contributed by atoms with Gasteiger partial charge in [0.15, 0.2) is 0 Å². The Morgan fingerprint density at radius 3 is 2.79 bits per heavy atom. The smallest absolute Gasteiger partial charge is 0.124 e. The van der Waals surface area contributed by atoms with Gasteiger partial charge in [-0.3, -0.25) is 4.98 Å². The van der Waals surface area contributed by atoms with E-state index < -0.39 is 0 Å². The van der Waals surface area contributed by atoms with Crippen LogP contribution in [0.5, 0.6) is 0 Å². The molecule has 0 aliphatic rings. The van der Waals surface area contributed by atoms with Crippen molar-refractivity contribution in [2.75, 3.05) is 0 Å². The van der Waals surface area contributed by atoms with E-state index in [1.807, 2.05) is 24.3 Å². The number of fused-ring (bicyclic) bond motifs is 1. The Balaban J connectivity index is 1.71. The predicted octanol–water partition coefficient (Wildman–Crippen LogP) is 2.59. The van der Waals surface area contributed by atoms with Crippen LogP contribution in [0.2, 0.25) is 0 Å². The Kier molecular flexibility index (Phi) is 3.25. The van der Waals surface area contributed by atoms with E-state index in [0.717, 1.165) is 29.7 Å². The third-order valence-electron chi connectivity index (χ3n) is 3.24. The van der Waals surface area contributed by atoms with Crippen LogP contribution in [-0.2, 0) is 6.42 Å². The van der Waals surface area contributed by atoms with Crippen molar-refractivity contribution in [2.24, 2.45) is 5.73 Å². The summed E-state index contributed by atoms with van der Waals surface area (Å²) >= 11 is 0. The molecular formula is C15H16N4. The van der Waals surface area contributed by atoms with Gasteiger partial charge in [-0.1, -0.05) is 30.3 Å². The molecule has 0 saturated heterocycles. The summed E-state index contributed by atoms with van der Waals surface area (Å²) in [7, 11) is 0. The summed E-state index contributed by atoms with van der Waals surface area (Å²) < 4.78 is 0. The first-order valence-electron chi connectivity index (χ1n) is 6.42. The molecule has 0 aliphatic carbocycles. The van der Waals surface area contributed by atoms with Crippen molar-refractivity contribution in [3.63, 3.8) is 0 Å². The number of nitrogens with two attached hydrogens (primary N) is 1. The second-order valence-corrected chi connectivity index (χ2v) is 4.65. The van der Waals surface area contributed by atoms with Gasteiger partial charge in [0.25, 0.3) is 0 Å². The summed E-state index contributed by atoms with van der Waals surface area (Å²) in [6.45, 7) is 0. The fourth-order valence-electron chi connectivity index (χ4n) is 2.16. The van der Waals surface area contributed by atoms with Gasteiger partial charge in [0.05, 0.1) is 23.3 Å². The minimum atomic E-state index is -0.0763. The molecule has 3 aromatic rings. The predicted molar refractivity (Wildman–Crippen MR) is 75.6 cm³/mol. The minimum Gasteiger partial charge on any atom is -0.339 e. The molecule has 96 valence electrons. The number of hydrogen-bond donors (Lipinski definition) is 2. The van der Waals surface area contributed by atoms with Crippen molar-refractivity contribution in [2.45, 2.75) is 18.9 Å². The van der Waals surface area contributed by atoms with E-state index >= 15 is 0 Å². The van der Waals surface area contributed by atoms with Gasteiger partial charge in [0.1, 0.15) is 5.82 Å². The monoisotopic (exact) mass is 252 g/mol. The second-order valence-electron chi connectivity index (χ2n) is 4.65. The summed E-state index contributed by atoms with van der Waals surface area (Å²) in [5, 5.41) is 0. The first-order valence-corrected chi connectivity index (χ1v) is 6.42. The van der Waals surface area contributed by atoms with Gasteiger partial charge in [-0.25, -0.2) is 4.98 Å². The molecule has 3 rings (SSSR count). The topological polar surface area (TPSA) is 67.6 Å². The van der Waals surface area contributed by atoms with Gasteiger partial charge in [-0.2, -0.15) is 0 Å². The molecule has 0 amide bonds. The van der Waals surface area contributed by atoms with Gasteiger partial charge in [-0.05, 0) is 24.5 Å². The van der Waals surface area contributed by atoms with E-state index in [-0.39, 0.29) is 6.04 Å². The van der Waals surface area contributed by atoms with Crippen LogP contribution in [-0.4, -0.2) is 15.0 Å². The molecule has 1 atom stereocenters. The van der Waals surface area contributed by atoms with Crippen molar-refractivity contribution in [1.82, 2.24) is 15.0 Å². The highest BCUT2D eigenvalue weighted by Crippen LogP contribution is 2.17. The highest BCUT2D eigenvalue weighted by atomic mass is 15.0. The highest BCUT2D eigenvalue weighted by molar-refractivity contribution is 5.73. The lowest BCUT2D eigenvalue weighted by Gasteiger charge is -2.08. The van der Waals surface area contributed by atoms with Crippen LogP contribution in [0, 0.1) is 0 Å². The molecule has 2 aromatic heterocycles. The SMILES string of the molecule is NC(CCc1ccccc1)c1nc2ccncc2[nH]1. The highest BCUT2D eigenvalue weighted by Gasteiger charge is 2.11. The van der Waals surface area contributed by atoms with Crippen LogP contribution in [0.1, 0.15) is 23.9 Å². The maximum Gasteiger partial charge on any atom is 0.124 e. The molecule has 0 radical (unpaired) electrons. The zero-order chi connectivity index (χ0) is 13.1. The summed E-state index contributed by atoms with van der Waals surface area (Å²) in [5.74, 6) is 0.832. The molecule has 1 aromatic carbocycles. The van der Waals surface area contributed by atoms with Crippen molar-refractivity contribution in [3.05, 3.63) is 60.2 Å². The summed E-state index contributed by atoms with van der Waals surface area (Å²) in [6.07, 6.45) is 5.34. The summed E-state index contributed by atoms with van der Waals surface area (Å²) in [6, 6.07) is 12.2. The number of aromatic nitrogens is 3. The average Bonchev–Trinajstić information content (AvgIpc) is 2.90. The van der Waals surface area contributed by atoms with Crippen LogP contribution < -0.4 is 5.73 Å². The molecule has 2 heterocycles. The molecule has 0 spiro atoms. The maximum atomic E-state index is 6.19. The molecule has 0 bridgehead atoms. The lowest BCUT2D eigenvalue weighted by molar-refractivity contribution is 0.621. The van der Waals surface area contributed by atoms with E-state index in [4.69, 9.17) is 5.73 Å². The maximum absolute atomic E-state index is 6.19. The van der Waals surface area contributed by atoms with E-state index in [9.17, 15) is 0 Å². The van der Waals surface area contributed by atoms with E-state index in [1.54, 1.807) is 12.4 Å². The quantitative estimate of drug-likeness (QED) is 0.750. The molecule has 3 N–H and O–H groups in total. The normalized spacial score (nSPS) is 12.7. The van der Waals surface area contributed by atoms with Crippen molar-refractivity contribution in [1.29, 1.82) is 0 Å². The van der Waals surface area contributed by atoms with E-state index in [0.29, 0.717) is 0 Å². The van der Waals surface area contributed by atoms with E-state index in [2.05, 4.69) is 27.1 Å². The fourth-order valence-corrected chi connectivity index (χ4v) is 2.16. The zero-order valence-corrected chi connectivity index (χ0v) is 10.6. The Hall–Kier alpha value is -2.20. The molecule has 1 unspecified atom stereocenters. The first-order chi connectivity index (χ1) is 9.33. The Bertz CT molecular complexity index is 627. The zero-order valence-electron chi connectivity index (χ0n) is 10.6. The Morgan fingerprint density at radius 2 is 2.00 bits per heavy atom. The molecule has 4 nitrogen and oxygen atoms in total. The van der Waals surface area contributed by atoms with Crippen LogP contribution >= 0.6 is 0 Å². The second kappa shape index (κ2) is 5.20. The van der Waals surface area contributed by atoms with E-state index in [1.165, 1.54) is 5.56 Å². The van der Waals surface area contributed by atoms with Gasteiger partial charge >= 0.3 is 0 Å². The number of hydrogen-bond acceptors (Lipinski definition) is 3. The van der Waals surface area contributed by atoms with Crippen LogP contribution in [0.4, 0.5) is 0 Å². The molecule has 0 saturated carbocycles.